The van der Waals surface area contributed by atoms with Gasteiger partial charge in [0.2, 0.25) is 10.0 Å². The third kappa shape index (κ3) is 5.04. The van der Waals surface area contributed by atoms with Crippen molar-refractivity contribution in [2.24, 2.45) is 0 Å². The van der Waals surface area contributed by atoms with Gasteiger partial charge < -0.3 is 9.47 Å². The molecule has 0 unspecified atom stereocenters. The summed E-state index contributed by atoms with van der Waals surface area (Å²) >= 11 is 0. The fourth-order valence-electron chi connectivity index (χ4n) is 2.29. The molecule has 0 aliphatic carbocycles. The van der Waals surface area contributed by atoms with Gasteiger partial charge >= 0.3 is 5.97 Å². The molecule has 2 rings (SSSR count). The smallest absolute Gasteiger partial charge is 0.321 e. The van der Waals surface area contributed by atoms with Gasteiger partial charge in [0.1, 0.15) is 12.3 Å². The van der Waals surface area contributed by atoms with Gasteiger partial charge in [-0.25, -0.2) is 8.42 Å². The van der Waals surface area contributed by atoms with Crippen molar-refractivity contribution in [2.75, 3.05) is 27.3 Å². The van der Waals surface area contributed by atoms with E-state index in [1.165, 1.54) is 26.4 Å². The molecule has 0 bridgehead atoms. The van der Waals surface area contributed by atoms with Crippen LogP contribution >= 0.6 is 0 Å². The Morgan fingerprint density at radius 2 is 1.64 bits per heavy atom. The molecule has 0 N–H and O–H groups in total. The highest BCUT2D eigenvalue weighted by Gasteiger charge is 2.26. The fourth-order valence-corrected chi connectivity index (χ4v) is 3.67. The van der Waals surface area contributed by atoms with Crippen molar-refractivity contribution in [1.29, 1.82) is 0 Å². The fraction of sp³-hybridized carbons (Fsp3) is 0.278. The highest BCUT2D eigenvalue weighted by molar-refractivity contribution is 7.89. The van der Waals surface area contributed by atoms with Gasteiger partial charge in [0.15, 0.2) is 0 Å². The maximum atomic E-state index is 12.9. The highest BCUT2D eigenvalue weighted by Crippen LogP contribution is 2.20. The van der Waals surface area contributed by atoms with E-state index < -0.39 is 16.0 Å². The second-order valence-corrected chi connectivity index (χ2v) is 7.26. The Kier molecular flexibility index (Phi) is 6.55. The molecule has 0 saturated heterocycles. The van der Waals surface area contributed by atoms with E-state index in [4.69, 9.17) is 4.74 Å². The Hall–Kier alpha value is -2.38. The van der Waals surface area contributed by atoms with E-state index in [1.54, 1.807) is 12.1 Å². The number of carbonyl (C=O) groups excluding carboxylic acids is 1. The minimum atomic E-state index is -3.82. The Morgan fingerprint density at radius 1 is 1.00 bits per heavy atom. The third-order valence-corrected chi connectivity index (χ3v) is 5.58. The first-order chi connectivity index (χ1) is 12.0. The number of methoxy groups -OCH3 is 2. The summed E-state index contributed by atoms with van der Waals surface area (Å²) in [7, 11) is -1.08. The van der Waals surface area contributed by atoms with Crippen LogP contribution in [0.25, 0.3) is 0 Å². The summed E-state index contributed by atoms with van der Waals surface area (Å²) in [6.45, 7) is -0.162. The summed E-state index contributed by atoms with van der Waals surface area (Å²) in [5.74, 6) is -0.0482. The molecule has 0 aliphatic heterocycles. The van der Waals surface area contributed by atoms with Gasteiger partial charge in [0.05, 0.1) is 19.1 Å². The van der Waals surface area contributed by atoms with Crippen molar-refractivity contribution < 1.29 is 22.7 Å². The van der Waals surface area contributed by atoms with Crippen molar-refractivity contribution in [3.8, 4) is 5.75 Å². The molecule has 0 aromatic heterocycles. The number of carbonyl (C=O) groups is 1. The molecule has 2 aromatic rings. The number of hydrogen-bond acceptors (Lipinski definition) is 5. The quantitative estimate of drug-likeness (QED) is 0.672. The van der Waals surface area contributed by atoms with Crippen LogP contribution < -0.4 is 4.74 Å². The average molecular weight is 363 g/mol. The zero-order chi connectivity index (χ0) is 18.3. The predicted molar refractivity (Wildman–Crippen MR) is 93.9 cm³/mol. The largest absolute Gasteiger partial charge is 0.497 e. The maximum absolute atomic E-state index is 12.9. The Labute approximate surface area is 148 Å². The molecule has 7 heteroatoms. The van der Waals surface area contributed by atoms with Crippen LogP contribution in [0, 0.1) is 0 Å². The third-order valence-electron chi connectivity index (χ3n) is 3.72. The van der Waals surface area contributed by atoms with Crippen molar-refractivity contribution >= 4 is 16.0 Å². The Morgan fingerprint density at radius 3 is 2.20 bits per heavy atom. The topological polar surface area (TPSA) is 72.9 Å². The first kappa shape index (κ1) is 19.0. The molecule has 6 nitrogen and oxygen atoms in total. The molecule has 25 heavy (non-hydrogen) atoms. The predicted octanol–water partition coefficient (Wildman–Crippen LogP) is 2.10. The van der Waals surface area contributed by atoms with Gasteiger partial charge in [-0.15, -0.1) is 0 Å². The van der Waals surface area contributed by atoms with E-state index in [1.807, 2.05) is 30.3 Å². The lowest BCUT2D eigenvalue weighted by Crippen LogP contribution is -2.37. The van der Waals surface area contributed by atoms with Gasteiger partial charge in [-0.1, -0.05) is 30.3 Å². The van der Waals surface area contributed by atoms with Crippen LogP contribution in [0.4, 0.5) is 0 Å². The second kappa shape index (κ2) is 8.64. The second-order valence-electron chi connectivity index (χ2n) is 5.33. The van der Waals surface area contributed by atoms with Crippen molar-refractivity contribution in [3.63, 3.8) is 0 Å². The Balaban J connectivity index is 2.23. The molecule has 0 amide bonds. The van der Waals surface area contributed by atoms with E-state index in [-0.39, 0.29) is 18.0 Å². The number of esters is 1. The number of hydrogen-bond donors (Lipinski definition) is 0. The van der Waals surface area contributed by atoms with Crippen LogP contribution in [-0.4, -0.2) is 46.0 Å². The monoisotopic (exact) mass is 363 g/mol. The lowest BCUT2D eigenvalue weighted by molar-refractivity contribution is -0.140. The molecular formula is C18H21NO5S. The summed E-state index contributed by atoms with van der Waals surface area (Å²) in [6.07, 6.45) is 0.493. The van der Waals surface area contributed by atoms with Gasteiger partial charge in [-0.2, -0.15) is 4.31 Å². The maximum Gasteiger partial charge on any atom is 0.321 e. The zero-order valence-corrected chi connectivity index (χ0v) is 15.0. The lowest BCUT2D eigenvalue weighted by Gasteiger charge is -2.21. The van der Waals surface area contributed by atoms with Crippen LogP contribution in [0.3, 0.4) is 0 Å². The summed E-state index contributed by atoms with van der Waals surface area (Å²) < 4.78 is 36.6. The summed E-state index contributed by atoms with van der Waals surface area (Å²) in [5, 5.41) is 0. The number of sulfonamides is 1. The molecule has 0 atom stereocenters. The normalized spacial score (nSPS) is 11.3. The molecule has 0 fully saturated rings. The minimum Gasteiger partial charge on any atom is -0.497 e. The van der Waals surface area contributed by atoms with E-state index in [2.05, 4.69) is 4.74 Å². The van der Waals surface area contributed by atoms with Crippen LogP contribution in [0.2, 0.25) is 0 Å². The SMILES string of the molecule is COC(=O)CN(CCc1ccccc1)S(=O)(=O)c1ccc(OC)cc1. The number of rotatable bonds is 8. The van der Waals surface area contributed by atoms with E-state index in [0.29, 0.717) is 12.2 Å². The van der Waals surface area contributed by atoms with Crippen molar-refractivity contribution in [1.82, 2.24) is 4.31 Å². The first-order valence-corrected chi connectivity index (χ1v) is 9.16. The lowest BCUT2D eigenvalue weighted by atomic mass is 10.1. The van der Waals surface area contributed by atoms with E-state index >= 15 is 0 Å². The summed E-state index contributed by atoms with van der Waals surface area (Å²) in [4.78, 5) is 11.8. The van der Waals surface area contributed by atoms with E-state index in [9.17, 15) is 13.2 Å². The number of nitrogens with zero attached hydrogens (tertiary/aromatic N) is 1. The number of ether oxygens (including phenoxy) is 2. The molecule has 134 valence electrons. The molecule has 0 heterocycles. The van der Waals surface area contributed by atoms with Gasteiger partial charge in [-0.3, -0.25) is 4.79 Å². The molecule has 0 aliphatic rings. The van der Waals surface area contributed by atoms with Gasteiger partial charge in [0.25, 0.3) is 0 Å². The Bertz CT molecular complexity index is 788. The van der Waals surface area contributed by atoms with Gasteiger partial charge in [0, 0.05) is 6.54 Å². The summed E-state index contributed by atoms with van der Waals surface area (Å²) in [5.41, 5.74) is 0.988. The van der Waals surface area contributed by atoms with E-state index in [0.717, 1.165) is 9.87 Å². The van der Waals surface area contributed by atoms with Crippen molar-refractivity contribution in [2.45, 2.75) is 11.3 Å². The van der Waals surface area contributed by atoms with Crippen LogP contribution in [0.5, 0.6) is 5.75 Å². The first-order valence-electron chi connectivity index (χ1n) is 7.72. The highest BCUT2D eigenvalue weighted by atomic mass is 32.2. The van der Waals surface area contributed by atoms with Crippen molar-refractivity contribution in [3.05, 3.63) is 60.2 Å². The number of benzene rings is 2. The zero-order valence-electron chi connectivity index (χ0n) is 14.2. The van der Waals surface area contributed by atoms with Gasteiger partial charge in [-0.05, 0) is 36.2 Å². The standard InChI is InChI=1S/C18H21NO5S/c1-23-16-8-10-17(11-9-16)25(21,22)19(14-18(20)24-2)13-12-15-6-4-3-5-7-15/h3-11H,12-14H2,1-2H3. The molecule has 0 saturated carbocycles. The average Bonchev–Trinajstić information content (AvgIpc) is 2.65. The summed E-state index contributed by atoms with van der Waals surface area (Å²) in [6, 6.07) is 15.6. The molecule has 2 aromatic carbocycles. The van der Waals surface area contributed by atoms with Crippen LogP contribution in [-0.2, 0) is 26.0 Å². The molecular weight excluding hydrogens is 342 g/mol. The van der Waals surface area contributed by atoms with Crippen LogP contribution in [0.15, 0.2) is 59.5 Å². The minimum absolute atomic E-state index is 0.102. The molecule has 0 spiro atoms. The molecule has 0 radical (unpaired) electrons. The van der Waals surface area contributed by atoms with Crippen LogP contribution in [0.1, 0.15) is 5.56 Å².